The van der Waals surface area contributed by atoms with E-state index in [0.717, 1.165) is 0 Å². The van der Waals surface area contributed by atoms with Crippen LogP contribution in [0.4, 0.5) is 0 Å². The van der Waals surface area contributed by atoms with Crippen molar-refractivity contribution >= 4 is 30.8 Å². The van der Waals surface area contributed by atoms with Crippen LogP contribution in [-0.4, -0.2) is 25.0 Å². The Bertz CT molecular complexity index is 162. The van der Waals surface area contributed by atoms with E-state index in [2.05, 4.69) is 12.4 Å². The lowest BCUT2D eigenvalue weighted by Gasteiger charge is -2.11. The molecule has 0 rings (SSSR count). The molecule has 0 aliphatic carbocycles. The lowest BCUT2D eigenvalue weighted by atomic mass is 10.9. The van der Waals surface area contributed by atoms with Crippen molar-refractivity contribution in [2.45, 2.75) is 0 Å². The van der Waals surface area contributed by atoms with Gasteiger partial charge in [-0.1, -0.05) is 6.58 Å². The summed E-state index contributed by atoms with van der Waals surface area (Å²) in [5, 5.41) is 0. The molecule has 6 heteroatoms. The molecule has 0 atom stereocenters. The zero-order valence-electron chi connectivity index (χ0n) is 6.46. The van der Waals surface area contributed by atoms with E-state index in [9.17, 15) is 4.57 Å². The SMILES string of the molecule is C=[C]P(=O)(OCCCl)OCCCl. The number of hydrogen-bond donors (Lipinski definition) is 0. The Labute approximate surface area is 82.2 Å². The molecule has 0 aliphatic rings. The van der Waals surface area contributed by atoms with Crippen molar-refractivity contribution in [1.82, 2.24) is 0 Å². The van der Waals surface area contributed by atoms with Crippen molar-refractivity contribution in [2.75, 3.05) is 25.0 Å². The van der Waals surface area contributed by atoms with E-state index < -0.39 is 7.60 Å². The summed E-state index contributed by atoms with van der Waals surface area (Å²) in [7, 11) is -3.26. The molecule has 0 saturated heterocycles. The quantitative estimate of drug-likeness (QED) is 0.500. The second-order valence-electron chi connectivity index (χ2n) is 1.70. The van der Waals surface area contributed by atoms with Gasteiger partial charge in [0.05, 0.1) is 19.0 Å². The zero-order chi connectivity index (χ0) is 9.45. The van der Waals surface area contributed by atoms with Gasteiger partial charge in [-0.25, -0.2) is 0 Å². The van der Waals surface area contributed by atoms with Gasteiger partial charge < -0.3 is 9.05 Å². The van der Waals surface area contributed by atoms with E-state index in [4.69, 9.17) is 32.2 Å². The van der Waals surface area contributed by atoms with Crippen LogP contribution in [-0.2, 0) is 13.6 Å². The first kappa shape index (κ1) is 12.5. The topological polar surface area (TPSA) is 35.5 Å². The third-order valence-electron chi connectivity index (χ3n) is 0.870. The number of rotatable bonds is 7. The van der Waals surface area contributed by atoms with Crippen molar-refractivity contribution in [3.63, 3.8) is 0 Å². The average molecular weight is 232 g/mol. The smallest absolute Gasteiger partial charge is 0.304 e. The molecule has 0 heterocycles. The first-order valence-corrected chi connectivity index (χ1v) is 5.85. The highest BCUT2D eigenvalue weighted by Gasteiger charge is 2.19. The molecule has 0 unspecified atom stereocenters. The van der Waals surface area contributed by atoms with E-state index in [-0.39, 0.29) is 25.0 Å². The predicted octanol–water partition coefficient (Wildman–Crippen LogP) is 2.64. The molecule has 0 amide bonds. The van der Waals surface area contributed by atoms with E-state index in [0.29, 0.717) is 0 Å². The summed E-state index contributed by atoms with van der Waals surface area (Å²) in [6.07, 6.45) is 0. The predicted molar refractivity (Wildman–Crippen MR) is 49.8 cm³/mol. The van der Waals surface area contributed by atoms with Crippen molar-refractivity contribution in [3.05, 3.63) is 12.4 Å². The summed E-state index contributed by atoms with van der Waals surface area (Å²) in [4.78, 5) is 0. The Morgan fingerprint density at radius 3 is 1.92 bits per heavy atom. The van der Waals surface area contributed by atoms with Gasteiger partial charge in [0, 0.05) is 11.8 Å². The van der Waals surface area contributed by atoms with Gasteiger partial charge in [-0.05, 0) is 0 Å². The fraction of sp³-hybridized carbons (Fsp3) is 0.667. The fourth-order valence-corrected chi connectivity index (χ4v) is 1.73. The molecule has 0 saturated carbocycles. The molecule has 0 N–H and O–H groups in total. The molecule has 12 heavy (non-hydrogen) atoms. The molecule has 0 fully saturated rings. The van der Waals surface area contributed by atoms with Gasteiger partial charge in [-0.3, -0.25) is 4.57 Å². The molecule has 0 aromatic heterocycles. The van der Waals surface area contributed by atoms with Crippen LogP contribution in [0, 0.1) is 5.82 Å². The van der Waals surface area contributed by atoms with Gasteiger partial charge >= 0.3 is 7.60 Å². The van der Waals surface area contributed by atoms with E-state index >= 15 is 0 Å². The molecule has 0 spiro atoms. The standard InChI is InChI=1S/C6H10Cl2O3P/c1-2-12(9,10-5-3-7)11-6-4-8/h1,3-6H2. The van der Waals surface area contributed by atoms with Crippen molar-refractivity contribution in [3.8, 4) is 0 Å². The molecule has 0 bridgehead atoms. The van der Waals surface area contributed by atoms with Gasteiger partial charge in [0.2, 0.25) is 0 Å². The lowest BCUT2D eigenvalue weighted by Crippen LogP contribution is -1.98. The first-order valence-electron chi connectivity index (χ1n) is 3.24. The van der Waals surface area contributed by atoms with E-state index in [1.54, 1.807) is 0 Å². The summed E-state index contributed by atoms with van der Waals surface area (Å²) in [6.45, 7) is 3.50. The van der Waals surface area contributed by atoms with Crippen molar-refractivity contribution in [1.29, 1.82) is 0 Å². The molecule has 0 aliphatic heterocycles. The second-order valence-corrected chi connectivity index (χ2v) is 4.28. The summed E-state index contributed by atoms with van der Waals surface area (Å²) in [5.74, 6) is 2.68. The van der Waals surface area contributed by atoms with Crippen LogP contribution in [0.25, 0.3) is 0 Å². The highest BCUT2D eigenvalue weighted by atomic mass is 35.5. The third kappa shape index (κ3) is 5.18. The summed E-state index contributed by atoms with van der Waals surface area (Å²) in [5.41, 5.74) is 0. The average Bonchev–Trinajstić information content (AvgIpc) is 2.11. The minimum atomic E-state index is -3.26. The molecule has 3 nitrogen and oxygen atoms in total. The summed E-state index contributed by atoms with van der Waals surface area (Å²) >= 11 is 10.6. The number of alkyl halides is 2. The Hall–Kier alpha value is 0.470. The fourth-order valence-electron chi connectivity index (χ4n) is 0.438. The third-order valence-corrected chi connectivity index (χ3v) is 2.61. The van der Waals surface area contributed by atoms with Crippen LogP contribution in [0.1, 0.15) is 0 Å². The maximum Gasteiger partial charge on any atom is 0.361 e. The summed E-state index contributed by atoms with van der Waals surface area (Å²) < 4.78 is 21.0. The van der Waals surface area contributed by atoms with Crippen LogP contribution in [0.5, 0.6) is 0 Å². The number of halogens is 2. The molecule has 0 aromatic carbocycles. The minimum Gasteiger partial charge on any atom is -0.304 e. The highest BCUT2D eigenvalue weighted by Crippen LogP contribution is 2.48. The van der Waals surface area contributed by atoms with Crippen molar-refractivity contribution in [2.24, 2.45) is 0 Å². The molecular weight excluding hydrogens is 222 g/mol. The molecular formula is C6H10Cl2O3P. The zero-order valence-corrected chi connectivity index (χ0v) is 8.87. The van der Waals surface area contributed by atoms with Gasteiger partial charge in [-0.2, -0.15) is 0 Å². The maximum absolute atomic E-state index is 11.4. The van der Waals surface area contributed by atoms with Crippen LogP contribution in [0.3, 0.4) is 0 Å². The van der Waals surface area contributed by atoms with Crippen LogP contribution in [0.2, 0.25) is 0 Å². The molecule has 1 radical (unpaired) electrons. The second kappa shape index (κ2) is 6.93. The Balaban J connectivity index is 3.87. The highest BCUT2D eigenvalue weighted by molar-refractivity contribution is 7.55. The Kier molecular flexibility index (Phi) is 7.20. The van der Waals surface area contributed by atoms with Gasteiger partial charge in [0.1, 0.15) is 0 Å². The number of hydrogen-bond acceptors (Lipinski definition) is 3. The van der Waals surface area contributed by atoms with Crippen LogP contribution in [0.15, 0.2) is 6.58 Å². The Morgan fingerprint density at radius 1 is 1.25 bits per heavy atom. The van der Waals surface area contributed by atoms with Crippen LogP contribution >= 0.6 is 30.8 Å². The largest absolute Gasteiger partial charge is 0.361 e. The summed E-state index contributed by atoms with van der Waals surface area (Å²) in [6, 6.07) is 0. The van der Waals surface area contributed by atoms with E-state index in [1.165, 1.54) is 0 Å². The van der Waals surface area contributed by atoms with Crippen LogP contribution < -0.4 is 0 Å². The van der Waals surface area contributed by atoms with E-state index in [1.807, 2.05) is 0 Å². The Morgan fingerprint density at radius 2 is 1.67 bits per heavy atom. The van der Waals surface area contributed by atoms with Gasteiger partial charge in [0.15, 0.2) is 0 Å². The van der Waals surface area contributed by atoms with Gasteiger partial charge in [0.25, 0.3) is 0 Å². The maximum atomic E-state index is 11.4. The molecule has 71 valence electrons. The van der Waals surface area contributed by atoms with Gasteiger partial charge in [-0.15, -0.1) is 23.2 Å². The molecule has 0 aromatic rings. The first-order chi connectivity index (χ1) is 5.68. The monoisotopic (exact) mass is 231 g/mol. The van der Waals surface area contributed by atoms with Crippen molar-refractivity contribution < 1.29 is 13.6 Å². The normalized spacial score (nSPS) is 11.5. The minimum absolute atomic E-state index is 0.142. The lowest BCUT2D eigenvalue weighted by molar-refractivity contribution is 0.229.